The number of ether oxygens (including phenoxy) is 3. The summed E-state index contributed by atoms with van der Waals surface area (Å²) in [6.07, 6.45) is 1.90. The first-order valence-corrected chi connectivity index (χ1v) is 30.0. The number of nitrogens with zero attached hydrogens (tertiary/aromatic N) is 1. The van der Waals surface area contributed by atoms with Gasteiger partial charge in [0, 0.05) is 50.0 Å². The Balaban J connectivity index is 1.10. The minimum atomic E-state index is -4.26. The zero-order valence-corrected chi connectivity index (χ0v) is 50.0. The molecule has 0 bridgehead atoms. The second kappa shape index (κ2) is 24.2. The van der Waals surface area contributed by atoms with Crippen LogP contribution in [0.1, 0.15) is 137 Å². The molecule has 80 heavy (non-hydrogen) atoms. The first kappa shape index (κ1) is 62.5. The van der Waals surface area contributed by atoms with E-state index in [9.17, 15) is 41.1 Å². The second-order valence-electron chi connectivity index (χ2n) is 23.5. The van der Waals surface area contributed by atoms with Crippen LogP contribution in [0.25, 0.3) is 0 Å². The van der Waals surface area contributed by atoms with E-state index in [2.05, 4.69) is 30.7 Å². The average molecular weight is 1150 g/mol. The van der Waals surface area contributed by atoms with E-state index in [-0.39, 0.29) is 68.0 Å². The second-order valence-corrected chi connectivity index (χ2v) is 26.8. The summed E-state index contributed by atoms with van der Waals surface area (Å²) in [5, 5.41) is 38.0. The van der Waals surface area contributed by atoms with Crippen molar-refractivity contribution in [3.8, 4) is 17.2 Å². The standard InChI is InChI=1S/C56H82N10O12S2/c1-30-32(3)46(34(5)38-28-55(10,11)77-44(30)38)79(72,73)64-52(58)60-24-14-17-40(57)48(67)62-41(18-15-25-61-53(59)65-80(74,75)47-33(4)31(2)45-39(35(47)6)29-56(12,13)78-45)50(69)66-26-16-19-43(66)49(68)63-42(51(70)71)27-36-20-22-37(23-21-36)76-54(7,8)9/h20-23,40-43H,14-19,24-29,57H2,1-13H3,(H,62,67)(H,63,68)(H,70,71)(H3,58,60,64)(H3,59,61,65)/t40-,41-,42-,43-/m0/s1. The number of hydrogen-bond donors (Lipinski definition) is 10. The normalized spacial score (nSPS) is 17.4. The maximum atomic E-state index is 14.5. The fraction of sp³-hybridized carbons (Fsp3) is 0.571. The smallest absolute Gasteiger partial charge is 0.326 e. The minimum Gasteiger partial charge on any atom is -0.488 e. The molecule has 11 N–H and O–H groups in total. The number of carbonyl (C=O) groups excluding carboxylic acids is 3. The summed E-state index contributed by atoms with van der Waals surface area (Å²) in [7, 11) is -8.46. The number of carboxylic acid groups (broad SMARTS) is 1. The van der Waals surface area contributed by atoms with Crippen LogP contribution in [0.15, 0.2) is 34.1 Å². The maximum absolute atomic E-state index is 14.5. The lowest BCUT2D eigenvalue weighted by Crippen LogP contribution is -2.57. The Hall–Kier alpha value is -6.66. The molecule has 0 spiro atoms. The average Bonchev–Trinajstić information content (AvgIpc) is 4.07. The number of aliphatic carboxylic acids is 1. The first-order chi connectivity index (χ1) is 37.0. The number of benzene rings is 3. The van der Waals surface area contributed by atoms with Crippen molar-refractivity contribution < 1.29 is 55.3 Å². The molecule has 3 aliphatic heterocycles. The van der Waals surface area contributed by atoms with Crippen molar-refractivity contribution in [3.05, 3.63) is 74.3 Å². The van der Waals surface area contributed by atoms with E-state index in [4.69, 9.17) is 30.8 Å². The summed E-state index contributed by atoms with van der Waals surface area (Å²) in [6.45, 7) is 24.0. The minimum absolute atomic E-state index is 0.0248. The van der Waals surface area contributed by atoms with Crippen LogP contribution in [0.3, 0.4) is 0 Å². The van der Waals surface area contributed by atoms with Gasteiger partial charge in [-0.1, -0.05) is 12.1 Å². The summed E-state index contributed by atoms with van der Waals surface area (Å²) in [4.78, 5) is 56.2. The van der Waals surface area contributed by atoms with Gasteiger partial charge < -0.3 is 51.2 Å². The highest BCUT2D eigenvalue weighted by molar-refractivity contribution is 7.90. The number of likely N-dealkylation sites (tertiary alicyclic amines) is 1. The Morgan fingerprint density at radius 3 is 1.68 bits per heavy atom. The lowest BCUT2D eigenvalue weighted by Gasteiger charge is -2.30. The van der Waals surface area contributed by atoms with Gasteiger partial charge in [0.25, 0.3) is 20.0 Å². The highest BCUT2D eigenvalue weighted by Gasteiger charge is 2.41. The number of rotatable bonds is 21. The molecule has 6 rings (SSSR count). The van der Waals surface area contributed by atoms with Crippen molar-refractivity contribution >= 4 is 55.7 Å². The van der Waals surface area contributed by atoms with Gasteiger partial charge in [-0.25, -0.2) is 31.1 Å². The highest BCUT2D eigenvalue weighted by Crippen LogP contribution is 2.45. The molecule has 1 saturated heterocycles. The predicted octanol–water partition coefficient (Wildman–Crippen LogP) is 4.62. The molecule has 3 aromatic rings. The summed E-state index contributed by atoms with van der Waals surface area (Å²) in [6, 6.07) is 2.00. The Morgan fingerprint density at radius 1 is 0.738 bits per heavy atom. The fourth-order valence-electron chi connectivity index (χ4n) is 10.7. The molecule has 22 nitrogen and oxygen atoms in total. The zero-order chi connectivity index (χ0) is 59.6. The maximum Gasteiger partial charge on any atom is 0.326 e. The van der Waals surface area contributed by atoms with E-state index >= 15 is 0 Å². The van der Waals surface area contributed by atoms with Crippen molar-refractivity contribution in [2.24, 2.45) is 5.73 Å². The fourth-order valence-corrected chi connectivity index (χ4v) is 13.8. The monoisotopic (exact) mass is 1150 g/mol. The van der Waals surface area contributed by atoms with Crippen molar-refractivity contribution in [1.82, 2.24) is 35.6 Å². The molecule has 0 aromatic heterocycles. The van der Waals surface area contributed by atoms with Crippen LogP contribution in [0.2, 0.25) is 0 Å². The molecule has 440 valence electrons. The molecule has 0 saturated carbocycles. The van der Waals surface area contributed by atoms with Gasteiger partial charge >= 0.3 is 5.97 Å². The Morgan fingerprint density at radius 2 is 1.21 bits per heavy atom. The van der Waals surface area contributed by atoms with E-state index < -0.39 is 96.6 Å². The van der Waals surface area contributed by atoms with Crippen molar-refractivity contribution in [2.45, 2.75) is 199 Å². The van der Waals surface area contributed by atoms with Crippen LogP contribution in [0, 0.1) is 52.4 Å². The molecule has 0 unspecified atom stereocenters. The van der Waals surface area contributed by atoms with Gasteiger partial charge in [-0.3, -0.25) is 25.2 Å². The molecule has 24 heteroatoms. The quantitative estimate of drug-likeness (QED) is 0.0395. The third kappa shape index (κ3) is 14.8. The SMILES string of the molecule is Cc1c(C)c(S(=O)(=O)NC(=N)NCCC[C@H](NC(=O)[C@@H](N)CCCNC(=N)NS(=O)(=O)c2c(C)c(C)c3c(c2C)CC(C)(C)O3)C(=O)N2CCC[C@H]2C(=O)N[C@@H](Cc2ccc(OC(C)(C)C)cc2)C(=O)O)c(C)c2c1OC(C)(C)C2. The lowest BCUT2D eigenvalue weighted by molar-refractivity contribution is -0.145. The van der Waals surface area contributed by atoms with Crippen LogP contribution < -0.4 is 50.7 Å². The summed E-state index contributed by atoms with van der Waals surface area (Å²) in [5.74, 6) is -2.40. The molecule has 3 aliphatic rings. The Labute approximate surface area is 470 Å². The van der Waals surface area contributed by atoms with Gasteiger partial charge in [0.05, 0.1) is 15.8 Å². The number of sulfonamides is 2. The zero-order valence-electron chi connectivity index (χ0n) is 48.4. The first-order valence-electron chi connectivity index (χ1n) is 27.0. The molecule has 1 fully saturated rings. The number of hydrogen-bond acceptors (Lipinski definition) is 14. The number of guanidine groups is 2. The van der Waals surface area contributed by atoms with Crippen LogP contribution in [-0.4, -0.2) is 123 Å². The molecule has 0 aliphatic carbocycles. The summed E-state index contributed by atoms with van der Waals surface area (Å²) < 4.78 is 77.9. The topological polar surface area (TPSA) is 334 Å². The van der Waals surface area contributed by atoms with Crippen LogP contribution in [0.4, 0.5) is 0 Å². The van der Waals surface area contributed by atoms with Crippen LogP contribution >= 0.6 is 0 Å². The molecular formula is C56H82N10O12S2. The van der Waals surface area contributed by atoms with Crippen LogP contribution in [0.5, 0.6) is 17.2 Å². The number of carboxylic acids is 1. The van der Waals surface area contributed by atoms with E-state index in [1.807, 2.05) is 48.5 Å². The lowest BCUT2D eigenvalue weighted by atomic mass is 9.94. The van der Waals surface area contributed by atoms with Gasteiger partial charge in [0.1, 0.15) is 52.2 Å². The molecule has 3 heterocycles. The van der Waals surface area contributed by atoms with E-state index in [1.54, 1.807) is 65.8 Å². The number of amides is 3. The molecule has 0 radical (unpaired) electrons. The predicted molar refractivity (Wildman–Crippen MR) is 303 cm³/mol. The van der Waals surface area contributed by atoms with Gasteiger partial charge in [-0.15, -0.1) is 0 Å². The third-order valence-electron chi connectivity index (χ3n) is 14.8. The van der Waals surface area contributed by atoms with Crippen molar-refractivity contribution in [2.75, 3.05) is 19.6 Å². The van der Waals surface area contributed by atoms with Gasteiger partial charge in [0.2, 0.25) is 29.6 Å². The van der Waals surface area contributed by atoms with Crippen molar-refractivity contribution in [1.29, 1.82) is 10.8 Å². The number of nitrogens with two attached hydrogens (primary N) is 1. The van der Waals surface area contributed by atoms with Crippen LogP contribution in [-0.2, 0) is 58.5 Å². The Kier molecular flexibility index (Phi) is 18.9. The molecule has 3 aromatic carbocycles. The molecule has 4 atom stereocenters. The van der Waals surface area contributed by atoms with Gasteiger partial charge in [-0.05, 0) is 180 Å². The van der Waals surface area contributed by atoms with Crippen molar-refractivity contribution in [3.63, 3.8) is 0 Å². The third-order valence-corrected chi connectivity index (χ3v) is 18.0. The number of fused-ring (bicyclic) bond motifs is 2. The summed E-state index contributed by atoms with van der Waals surface area (Å²) >= 11 is 0. The molecule has 3 amide bonds. The van der Waals surface area contributed by atoms with E-state index in [0.717, 1.165) is 11.1 Å². The highest BCUT2D eigenvalue weighted by atomic mass is 32.2. The van der Waals surface area contributed by atoms with Gasteiger partial charge in [0.15, 0.2) is 0 Å². The Bertz CT molecular complexity index is 3160. The largest absolute Gasteiger partial charge is 0.488 e. The number of carbonyl (C=O) groups is 4. The van der Waals surface area contributed by atoms with E-state index in [0.29, 0.717) is 75.5 Å². The van der Waals surface area contributed by atoms with E-state index in [1.165, 1.54) is 4.90 Å². The van der Waals surface area contributed by atoms with Gasteiger partial charge in [-0.2, -0.15) is 0 Å². The summed E-state index contributed by atoms with van der Waals surface area (Å²) in [5.41, 5.74) is 10.6. The molecular weight excluding hydrogens is 1070 g/mol. The number of nitrogens with one attached hydrogen (secondary N) is 8.